The van der Waals surface area contributed by atoms with Crippen molar-refractivity contribution < 1.29 is 18.1 Å². The molecule has 1 N–H and O–H groups in total. The Bertz CT molecular complexity index is 1060. The number of fused-ring (bicyclic) bond motifs is 1. The van der Waals surface area contributed by atoms with E-state index in [1.54, 1.807) is 31.7 Å². The van der Waals surface area contributed by atoms with Crippen molar-refractivity contribution in [2.75, 3.05) is 19.5 Å². The van der Waals surface area contributed by atoms with Gasteiger partial charge in [0.15, 0.2) is 11.6 Å². The maximum atomic E-state index is 14.7. The number of nitrogens with zero attached hydrogens (tertiary/aromatic N) is 1. The summed E-state index contributed by atoms with van der Waals surface area (Å²) in [6.45, 7) is 3.36. The summed E-state index contributed by atoms with van der Waals surface area (Å²) in [5.41, 5.74) is 1.02. The lowest BCUT2D eigenvalue weighted by Gasteiger charge is -2.15. The van der Waals surface area contributed by atoms with Gasteiger partial charge >= 0.3 is 0 Å². The van der Waals surface area contributed by atoms with Crippen LogP contribution in [0, 0.1) is 23.0 Å². The molecule has 0 amide bonds. The molecular weight excluding hydrogens is 357 g/mol. The third-order valence-electron chi connectivity index (χ3n) is 4.04. The fourth-order valence-electron chi connectivity index (χ4n) is 2.73. The Balaban J connectivity index is 2.08. The van der Waals surface area contributed by atoms with Crippen molar-refractivity contribution in [3.05, 3.63) is 59.3 Å². The van der Waals surface area contributed by atoms with E-state index in [0.29, 0.717) is 23.7 Å². The van der Waals surface area contributed by atoms with Crippen LogP contribution in [0.3, 0.4) is 0 Å². The lowest BCUT2D eigenvalue weighted by atomic mass is 10.1. The molecule has 0 bridgehead atoms. The van der Waals surface area contributed by atoms with E-state index in [4.69, 9.17) is 10.00 Å². The minimum absolute atomic E-state index is 0.000970. The van der Waals surface area contributed by atoms with E-state index in [9.17, 15) is 13.3 Å². The molecule has 0 saturated carbocycles. The molecule has 1 aromatic heterocycles. The zero-order valence-corrected chi connectivity index (χ0v) is 15.2. The number of aromatic nitrogens is 1. The summed E-state index contributed by atoms with van der Waals surface area (Å²) in [6, 6.07) is 8.52. The first-order chi connectivity index (χ1) is 12.3. The average molecular weight is 374 g/mol. The number of aromatic amines is 1. The fraction of sp³-hybridized carbons (Fsp3) is 0.211. The summed E-state index contributed by atoms with van der Waals surface area (Å²) in [5.74, 6) is -1.09. The smallest absolute Gasteiger partial charge is 0.168 e. The van der Waals surface area contributed by atoms with Gasteiger partial charge in [0.1, 0.15) is 17.6 Å². The van der Waals surface area contributed by atoms with Gasteiger partial charge < -0.3 is 14.3 Å². The molecule has 0 aliphatic carbocycles. The van der Waals surface area contributed by atoms with Crippen molar-refractivity contribution >= 4 is 18.0 Å². The minimum atomic E-state index is -2.31. The van der Waals surface area contributed by atoms with Gasteiger partial charge in [-0.1, -0.05) is 0 Å². The first-order valence-corrected chi connectivity index (χ1v) is 10.8. The van der Waals surface area contributed by atoms with Crippen molar-refractivity contribution in [1.82, 2.24) is 4.98 Å². The molecule has 26 heavy (non-hydrogen) atoms. The van der Waals surface area contributed by atoms with Gasteiger partial charge in [0.05, 0.1) is 12.7 Å². The lowest BCUT2D eigenvalue weighted by molar-refractivity contribution is 0.437. The largest absolute Gasteiger partial charge is 0.454 e. The molecule has 0 radical (unpaired) electrons. The summed E-state index contributed by atoms with van der Waals surface area (Å²) in [5, 5.41) is 9.73. The number of hydrogen-bond donors (Lipinski definition) is 1. The highest BCUT2D eigenvalue weighted by molar-refractivity contribution is 7.62. The number of halogens is 2. The molecule has 0 fully saturated rings. The monoisotopic (exact) mass is 374 g/mol. The third kappa shape index (κ3) is 3.79. The molecule has 3 rings (SSSR count). The number of nitrogens with one attached hydrogen (secondary N) is 1. The second-order valence-electron chi connectivity index (χ2n) is 6.51. The first-order valence-electron chi connectivity index (χ1n) is 7.98. The Morgan fingerprint density at radius 2 is 1.96 bits per heavy atom. The molecule has 0 aliphatic heterocycles. The van der Waals surface area contributed by atoms with Crippen molar-refractivity contribution in [3.8, 4) is 17.6 Å². The predicted octanol–water partition coefficient (Wildman–Crippen LogP) is 5.28. The Kier molecular flexibility index (Phi) is 4.84. The zero-order chi connectivity index (χ0) is 18.9. The Labute approximate surface area is 149 Å². The van der Waals surface area contributed by atoms with Crippen LogP contribution >= 0.6 is 7.14 Å². The highest BCUT2D eigenvalue weighted by atomic mass is 31.2. The number of ether oxygens (including phenoxy) is 1. The molecule has 3 aromatic rings. The summed E-state index contributed by atoms with van der Waals surface area (Å²) in [4.78, 5) is 2.96. The van der Waals surface area contributed by atoms with Gasteiger partial charge in [0.2, 0.25) is 0 Å². The molecule has 7 heteroatoms. The third-order valence-corrected chi connectivity index (χ3v) is 5.35. The van der Waals surface area contributed by atoms with E-state index in [2.05, 4.69) is 4.98 Å². The summed E-state index contributed by atoms with van der Waals surface area (Å²) in [6.07, 6.45) is 2.47. The maximum Gasteiger partial charge on any atom is 0.168 e. The topological polar surface area (TPSA) is 65.9 Å². The number of aryl methyl sites for hydroxylation is 1. The molecule has 4 nitrogen and oxygen atoms in total. The molecule has 1 heterocycles. The molecule has 0 atom stereocenters. The lowest BCUT2D eigenvalue weighted by Crippen LogP contribution is -2.00. The van der Waals surface area contributed by atoms with Crippen molar-refractivity contribution in [1.29, 1.82) is 5.26 Å². The second kappa shape index (κ2) is 6.93. The number of nitriles is 1. The van der Waals surface area contributed by atoms with Crippen LogP contribution in [0.5, 0.6) is 11.5 Å². The summed E-state index contributed by atoms with van der Waals surface area (Å²) < 4.78 is 46.0. The van der Waals surface area contributed by atoms with Crippen LogP contribution in [-0.4, -0.2) is 24.5 Å². The fourth-order valence-corrected chi connectivity index (χ4v) is 3.50. The summed E-state index contributed by atoms with van der Waals surface area (Å²) in [7, 11) is -2.31. The van der Waals surface area contributed by atoms with Crippen molar-refractivity contribution in [2.45, 2.75) is 6.42 Å². The minimum Gasteiger partial charge on any atom is -0.454 e. The molecule has 134 valence electrons. The Morgan fingerprint density at radius 1 is 1.19 bits per heavy atom. The molecule has 0 saturated heterocycles. The van der Waals surface area contributed by atoms with Crippen LogP contribution in [0.15, 0.2) is 36.5 Å². The van der Waals surface area contributed by atoms with Crippen LogP contribution in [0.2, 0.25) is 0 Å². The van der Waals surface area contributed by atoms with Gasteiger partial charge in [-0.2, -0.15) is 5.26 Å². The summed E-state index contributed by atoms with van der Waals surface area (Å²) >= 11 is 0. The van der Waals surface area contributed by atoms with E-state index in [-0.39, 0.29) is 17.1 Å². The predicted molar refractivity (Wildman–Crippen MR) is 97.5 cm³/mol. The van der Waals surface area contributed by atoms with Gasteiger partial charge in [0.25, 0.3) is 0 Å². The van der Waals surface area contributed by atoms with E-state index < -0.39 is 18.8 Å². The van der Waals surface area contributed by atoms with E-state index in [1.807, 2.05) is 0 Å². The molecule has 2 aromatic carbocycles. The molecule has 0 aliphatic rings. The van der Waals surface area contributed by atoms with Crippen LogP contribution in [0.1, 0.15) is 11.1 Å². The van der Waals surface area contributed by atoms with E-state index >= 15 is 0 Å². The Hall–Kier alpha value is -2.64. The number of hydrogen-bond acceptors (Lipinski definition) is 3. The zero-order valence-electron chi connectivity index (χ0n) is 14.3. The van der Waals surface area contributed by atoms with Crippen LogP contribution in [-0.2, 0) is 11.0 Å². The van der Waals surface area contributed by atoms with E-state index in [0.717, 1.165) is 11.5 Å². The average Bonchev–Trinajstić information content (AvgIpc) is 3.03. The number of H-pyrrole nitrogens is 1. The molecule has 0 unspecified atom stereocenters. The maximum absolute atomic E-state index is 14.7. The van der Waals surface area contributed by atoms with Crippen LogP contribution in [0.4, 0.5) is 8.78 Å². The first kappa shape index (κ1) is 18.2. The number of benzene rings is 2. The van der Waals surface area contributed by atoms with Crippen LogP contribution in [0.25, 0.3) is 10.9 Å². The molecular formula is C19H17F2N2O2P. The SMILES string of the molecule is CP(C)(=O)CCc1c(Oc2ccc(F)c(C#N)c2)c(F)cc2[nH]ccc12. The van der Waals surface area contributed by atoms with E-state index in [1.165, 1.54) is 18.2 Å². The molecule has 0 spiro atoms. The van der Waals surface area contributed by atoms with Gasteiger partial charge in [-0.05, 0) is 37.9 Å². The van der Waals surface area contributed by atoms with Gasteiger partial charge in [-0.25, -0.2) is 8.78 Å². The number of rotatable bonds is 5. The van der Waals surface area contributed by atoms with Crippen molar-refractivity contribution in [3.63, 3.8) is 0 Å². The van der Waals surface area contributed by atoms with Gasteiger partial charge in [0, 0.05) is 41.0 Å². The van der Waals surface area contributed by atoms with Crippen molar-refractivity contribution in [2.24, 2.45) is 0 Å². The normalized spacial score (nSPS) is 11.5. The quantitative estimate of drug-likeness (QED) is 0.618. The van der Waals surface area contributed by atoms with Gasteiger partial charge in [-0.3, -0.25) is 0 Å². The van der Waals surface area contributed by atoms with Crippen LogP contribution < -0.4 is 4.74 Å². The van der Waals surface area contributed by atoms with Gasteiger partial charge in [-0.15, -0.1) is 0 Å². The highest BCUT2D eigenvalue weighted by Gasteiger charge is 2.19. The second-order valence-corrected chi connectivity index (χ2v) is 10.1. The Morgan fingerprint density at radius 3 is 2.65 bits per heavy atom. The standard InChI is InChI=1S/C19H17F2N2O2P/c1-26(2,24)8-6-15-14-5-7-23-18(14)10-17(21)19(15)25-13-3-4-16(20)12(9-13)11-22/h3-5,7,9-10,23H,6,8H2,1-2H3. The highest BCUT2D eigenvalue weighted by Crippen LogP contribution is 2.40.